The lowest BCUT2D eigenvalue weighted by Crippen LogP contribution is -2.38. The number of ether oxygens (including phenoxy) is 2. The second kappa shape index (κ2) is 13.0. The monoisotopic (exact) mass is 436 g/mol. The average Bonchev–Trinajstić information content (AvgIpc) is 3.34. The van der Waals surface area contributed by atoms with E-state index in [1.54, 1.807) is 12.4 Å². The Bertz CT molecular complexity index is 941. The third-order valence-electron chi connectivity index (χ3n) is 4.53. The van der Waals surface area contributed by atoms with E-state index in [4.69, 9.17) is 14.5 Å². The van der Waals surface area contributed by atoms with Crippen molar-refractivity contribution in [1.29, 1.82) is 0 Å². The Morgan fingerprint density at radius 3 is 2.62 bits per heavy atom. The van der Waals surface area contributed by atoms with E-state index in [1.165, 1.54) is 0 Å². The van der Waals surface area contributed by atoms with Crippen LogP contribution < -0.4 is 20.1 Å². The van der Waals surface area contributed by atoms with E-state index in [0.29, 0.717) is 24.8 Å². The molecular weight excluding hydrogens is 404 g/mol. The van der Waals surface area contributed by atoms with Crippen molar-refractivity contribution in [3.63, 3.8) is 0 Å². The van der Waals surface area contributed by atoms with Gasteiger partial charge >= 0.3 is 0 Å². The SMILES string of the molecule is CCCOc1ccc(Oc2ncccc2CN=C(NCC)NCCCn2cccn2)cc1. The Kier molecular flexibility index (Phi) is 9.39. The largest absolute Gasteiger partial charge is 0.494 e. The van der Waals surface area contributed by atoms with Gasteiger partial charge in [-0.1, -0.05) is 13.0 Å². The van der Waals surface area contributed by atoms with Crippen LogP contribution in [0.2, 0.25) is 0 Å². The van der Waals surface area contributed by atoms with Gasteiger partial charge in [-0.15, -0.1) is 0 Å². The summed E-state index contributed by atoms with van der Waals surface area (Å²) >= 11 is 0. The molecule has 8 nitrogen and oxygen atoms in total. The summed E-state index contributed by atoms with van der Waals surface area (Å²) in [6.07, 6.45) is 7.41. The summed E-state index contributed by atoms with van der Waals surface area (Å²) in [5.74, 6) is 2.86. The molecule has 8 heteroatoms. The maximum absolute atomic E-state index is 6.01. The molecule has 2 heterocycles. The minimum atomic E-state index is 0.454. The molecule has 170 valence electrons. The van der Waals surface area contributed by atoms with E-state index in [2.05, 4.69) is 27.6 Å². The third-order valence-corrected chi connectivity index (χ3v) is 4.53. The molecule has 1 aromatic carbocycles. The Labute approximate surface area is 189 Å². The van der Waals surface area contributed by atoms with Gasteiger partial charge in [-0.2, -0.15) is 5.10 Å². The number of hydrogen-bond acceptors (Lipinski definition) is 5. The molecule has 0 aliphatic carbocycles. The van der Waals surface area contributed by atoms with E-state index < -0.39 is 0 Å². The van der Waals surface area contributed by atoms with Gasteiger partial charge in [0.25, 0.3) is 0 Å². The molecule has 0 aliphatic heterocycles. The fourth-order valence-corrected chi connectivity index (χ4v) is 2.96. The first kappa shape index (κ1) is 23.1. The topological polar surface area (TPSA) is 85.6 Å². The molecule has 0 amide bonds. The van der Waals surface area contributed by atoms with Gasteiger partial charge in [-0.25, -0.2) is 9.98 Å². The minimum absolute atomic E-state index is 0.454. The number of nitrogens with one attached hydrogen (secondary N) is 2. The lowest BCUT2D eigenvalue weighted by Gasteiger charge is -2.13. The van der Waals surface area contributed by atoms with Crippen LogP contribution in [0, 0.1) is 0 Å². The van der Waals surface area contributed by atoms with Crippen LogP contribution in [0.3, 0.4) is 0 Å². The van der Waals surface area contributed by atoms with Crippen molar-refractivity contribution >= 4 is 5.96 Å². The third kappa shape index (κ3) is 7.61. The molecule has 0 atom stereocenters. The van der Waals surface area contributed by atoms with Crippen LogP contribution >= 0.6 is 0 Å². The zero-order valence-electron chi connectivity index (χ0n) is 18.8. The number of nitrogens with zero attached hydrogens (tertiary/aromatic N) is 4. The highest BCUT2D eigenvalue weighted by Gasteiger charge is 2.07. The summed E-state index contributed by atoms with van der Waals surface area (Å²) in [5.41, 5.74) is 0.910. The molecular formula is C24H32N6O2. The van der Waals surface area contributed by atoms with Crippen LogP contribution in [0.15, 0.2) is 66.0 Å². The molecule has 2 aromatic heterocycles. The first-order valence-corrected chi connectivity index (χ1v) is 11.1. The number of aromatic nitrogens is 3. The highest BCUT2D eigenvalue weighted by Crippen LogP contribution is 2.25. The van der Waals surface area contributed by atoms with Crippen molar-refractivity contribution in [2.45, 2.75) is 39.8 Å². The van der Waals surface area contributed by atoms with Crippen molar-refractivity contribution in [1.82, 2.24) is 25.4 Å². The minimum Gasteiger partial charge on any atom is -0.494 e. The summed E-state index contributed by atoms with van der Waals surface area (Å²) in [5, 5.41) is 10.9. The Balaban J connectivity index is 1.57. The van der Waals surface area contributed by atoms with Crippen molar-refractivity contribution in [3.05, 3.63) is 66.6 Å². The van der Waals surface area contributed by atoms with Gasteiger partial charge in [-0.3, -0.25) is 4.68 Å². The van der Waals surface area contributed by atoms with Crippen LogP contribution in [0.25, 0.3) is 0 Å². The van der Waals surface area contributed by atoms with Crippen molar-refractivity contribution in [3.8, 4) is 17.4 Å². The van der Waals surface area contributed by atoms with Crippen molar-refractivity contribution < 1.29 is 9.47 Å². The first-order valence-electron chi connectivity index (χ1n) is 11.1. The van der Waals surface area contributed by atoms with E-state index >= 15 is 0 Å². The number of rotatable bonds is 12. The van der Waals surface area contributed by atoms with Gasteiger partial charge in [0.2, 0.25) is 5.88 Å². The quantitative estimate of drug-likeness (QED) is 0.254. The summed E-state index contributed by atoms with van der Waals surface area (Å²) in [7, 11) is 0. The van der Waals surface area contributed by atoms with Gasteiger partial charge < -0.3 is 20.1 Å². The van der Waals surface area contributed by atoms with Gasteiger partial charge in [-0.05, 0) is 56.2 Å². The highest BCUT2D eigenvalue weighted by molar-refractivity contribution is 5.79. The van der Waals surface area contributed by atoms with Crippen LogP contribution in [0.4, 0.5) is 0 Å². The fraction of sp³-hybridized carbons (Fsp3) is 0.375. The smallest absolute Gasteiger partial charge is 0.224 e. The molecule has 0 aliphatic rings. The summed E-state index contributed by atoms with van der Waals surface area (Å²) in [6, 6.07) is 13.4. The van der Waals surface area contributed by atoms with Crippen LogP contribution in [0.1, 0.15) is 32.3 Å². The summed E-state index contributed by atoms with van der Waals surface area (Å²) in [6.45, 7) is 7.74. The molecule has 0 saturated heterocycles. The predicted octanol–water partition coefficient (Wildman–Crippen LogP) is 4.00. The number of benzene rings is 1. The standard InChI is InChI=1S/C24H32N6O2/c1-3-18-31-21-9-11-22(12-10-21)32-23-20(8-5-13-26-23)19-28-24(25-4-2)27-14-6-16-30-17-7-15-29-30/h5,7-13,15,17H,3-4,6,14,16,18-19H2,1-2H3,(H2,25,27,28). The number of hydrogen-bond donors (Lipinski definition) is 2. The van der Waals surface area contributed by atoms with Crippen LogP contribution in [0.5, 0.6) is 17.4 Å². The van der Waals surface area contributed by atoms with Gasteiger partial charge in [0.1, 0.15) is 11.5 Å². The van der Waals surface area contributed by atoms with Crippen molar-refractivity contribution in [2.75, 3.05) is 19.7 Å². The fourth-order valence-electron chi connectivity index (χ4n) is 2.96. The second-order valence-corrected chi connectivity index (χ2v) is 7.13. The van der Waals surface area contributed by atoms with Crippen LogP contribution in [-0.4, -0.2) is 40.4 Å². The number of guanidine groups is 1. The van der Waals surface area contributed by atoms with Crippen molar-refractivity contribution in [2.24, 2.45) is 4.99 Å². The lowest BCUT2D eigenvalue weighted by atomic mass is 10.2. The molecule has 3 aromatic rings. The number of pyridine rings is 1. The number of aryl methyl sites for hydroxylation is 1. The molecule has 0 spiro atoms. The van der Waals surface area contributed by atoms with Gasteiger partial charge in [0, 0.05) is 43.8 Å². The lowest BCUT2D eigenvalue weighted by molar-refractivity contribution is 0.317. The molecule has 32 heavy (non-hydrogen) atoms. The predicted molar refractivity (Wildman–Crippen MR) is 126 cm³/mol. The summed E-state index contributed by atoms with van der Waals surface area (Å²) in [4.78, 5) is 9.10. The zero-order chi connectivity index (χ0) is 22.4. The molecule has 0 saturated carbocycles. The molecule has 0 bridgehead atoms. The average molecular weight is 437 g/mol. The van der Waals surface area contributed by atoms with Gasteiger partial charge in [0.05, 0.1) is 13.2 Å². The van der Waals surface area contributed by atoms with E-state index in [1.807, 2.05) is 60.3 Å². The molecule has 0 fully saturated rings. The summed E-state index contributed by atoms with van der Waals surface area (Å²) < 4.78 is 13.6. The second-order valence-electron chi connectivity index (χ2n) is 7.13. The maximum atomic E-state index is 6.01. The molecule has 0 radical (unpaired) electrons. The number of aliphatic imine (C=N–C) groups is 1. The maximum Gasteiger partial charge on any atom is 0.224 e. The Hall–Kier alpha value is -3.55. The molecule has 2 N–H and O–H groups in total. The van der Waals surface area contributed by atoms with Gasteiger partial charge in [0.15, 0.2) is 5.96 Å². The molecule has 0 unspecified atom stereocenters. The molecule has 3 rings (SSSR count). The Morgan fingerprint density at radius 1 is 1.03 bits per heavy atom. The van der Waals surface area contributed by atoms with E-state index in [0.717, 1.165) is 49.7 Å². The highest BCUT2D eigenvalue weighted by atomic mass is 16.5. The van der Waals surface area contributed by atoms with E-state index in [9.17, 15) is 0 Å². The van der Waals surface area contributed by atoms with E-state index in [-0.39, 0.29) is 0 Å². The Morgan fingerprint density at radius 2 is 1.88 bits per heavy atom. The zero-order valence-corrected chi connectivity index (χ0v) is 18.8. The first-order chi connectivity index (χ1) is 15.8. The van der Waals surface area contributed by atoms with Crippen LogP contribution in [-0.2, 0) is 13.1 Å². The normalized spacial score (nSPS) is 11.2.